The molecule has 1 aliphatic heterocycles. The van der Waals surface area contributed by atoms with E-state index in [1.807, 2.05) is 24.0 Å². The highest BCUT2D eigenvalue weighted by atomic mass is 16.5. The van der Waals surface area contributed by atoms with Gasteiger partial charge in [-0.15, -0.1) is 0 Å². The summed E-state index contributed by atoms with van der Waals surface area (Å²) in [5.41, 5.74) is 1.10. The van der Waals surface area contributed by atoms with Crippen LogP contribution in [0.3, 0.4) is 0 Å². The molecule has 2 aromatic rings. The van der Waals surface area contributed by atoms with Gasteiger partial charge in [-0.2, -0.15) is 0 Å². The average molecular weight is 355 g/mol. The van der Waals surface area contributed by atoms with Gasteiger partial charge in [0, 0.05) is 30.6 Å². The first-order valence-electron chi connectivity index (χ1n) is 9.59. The topological polar surface area (TPSA) is 59.8 Å². The first-order chi connectivity index (χ1) is 12.6. The number of nitrogens with zero attached hydrogens (tertiary/aromatic N) is 1. The molecular weight excluding hydrogens is 330 g/mol. The largest absolute Gasteiger partial charge is 0.484 e. The lowest BCUT2D eigenvalue weighted by atomic mass is 9.78. The second-order valence-electron chi connectivity index (χ2n) is 7.59. The van der Waals surface area contributed by atoms with Crippen molar-refractivity contribution in [2.45, 2.75) is 39.0 Å². The van der Waals surface area contributed by atoms with E-state index in [0.29, 0.717) is 23.2 Å². The maximum atomic E-state index is 12.5. The van der Waals surface area contributed by atoms with E-state index >= 15 is 0 Å². The summed E-state index contributed by atoms with van der Waals surface area (Å²) in [5, 5.41) is 0.912. The Kier molecular flexibility index (Phi) is 4.70. The lowest BCUT2D eigenvalue weighted by Gasteiger charge is -2.41. The summed E-state index contributed by atoms with van der Waals surface area (Å²) < 4.78 is 11.0. The molecule has 0 radical (unpaired) electrons. The molecule has 1 saturated carbocycles. The maximum Gasteiger partial charge on any atom is 0.336 e. The average Bonchev–Trinajstić information content (AvgIpc) is 2.64. The zero-order valence-electron chi connectivity index (χ0n) is 15.2. The number of hydrogen-bond acceptors (Lipinski definition) is 4. The van der Waals surface area contributed by atoms with Gasteiger partial charge < -0.3 is 14.1 Å². The van der Waals surface area contributed by atoms with Crippen molar-refractivity contribution in [1.29, 1.82) is 0 Å². The number of ether oxygens (including phenoxy) is 1. The Morgan fingerprint density at radius 3 is 2.73 bits per heavy atom. The molecule has 5 nitrogen and oxygen atoms in total. The van der Waals surface area contributed by atoms with Gasteiger partial charge in [0.05, 0.1) is 0 Å². The molecule has 2 atom stereocenters. The van der Waals surface area contributed by atoms with E-state index < -0.39 is 0 Å². The summed E-state index contributed by atoms with van der Waals surface area (Å²) in [6.45, 7) is 3.77. The van der Waals surface area contributed by atoms with Gasteiger partial charge in [0.15, 0.2) is 6.61 Å². The van der Waals surface area contributed by atoms with Crippen LogP contribution in [0.2, 0.25) is 0 Å². The quantitative estimate of drug-likeness (QED) is 0.789. The molecule has 5 heteroatoms. The van der Waals surface area contributed by atoms with Crippen molar-refractivity contribution in [3.05, 3.63) is 40.2 Å². The summed E-state index contributed by atoms with van der Waals surface area (Å²) in [6, 6.07) is 6.95. The van der Waals surface area contributed by atoms with Gasteiger partial charge in [0.1, 0.15) is 11.3 Å². The van der Waals surface area contributed by atoms with Crippen molar-refractivity contribution in [1.82, 2.24) is 4.90 Å². The minimum absolute atomic E-state index is 0.0304. The van der Waals surface area contributed by atoms with E-state index in [0.717, 1.165) is 30.5 Å². The lowest BCUT2D eigenvalue weighted by Crippen LogP contribution is -2.47. The van der Waals surface area contributed by atoms with Crippen LogP contribution in [-0.2, 0) is 11.2 Å². The van der Waals surface area contributed by atoms with Crippen LogP contribution in [0.5, 0.6) is 5.75 Å². The highest BCUT2D eigenvalue weighted by Gasteiger charge is 2.32. The molecule has 2 heterocycles. The number of aryl methyl sites for hydroxylation is 1. The van der Waals surface area contributed by atoms with Crippen LogP contribution in [-0.4, -0.2) is 30.5 Å². The molecule has 26 heavy (non-hydrogen) atoms. The van der Waals surface area contributed by atoms with E-state index in [1.54, 1.807) is 6.07 Å². The molecule has 1 saturated heterocycles. The van der Waals surface area contributed by atoms with Crippen LogP contribution >= 0.6 is 0 Å². The van der Waals surface area contributed by atoms with E-state index in [1.165, 1.54) is 31.7 Å². The number of carbonyl (C=O) groups excluding carboxylic acids is 1. The monoisotopic (exact) mass is 355 g/mol. The van der Waals surface area contributed by atoms with Crippen molar-refractivity contribution in [3.63, 3.8) is 0 Å². The Morgan fingerprint density at radius 1 is 1.23 bits per heavy atom. The molecule has 0 unspecified atom stereocenters. The minimum Gasteiger partial charge on any atom is -0.484 e. The Balaban J connectivity index is 1.44. The second kappa shape index (κ2) is 7.14. The molecule has 1 aliphatic carbocycles. The van der Waals surface area contributed by atoms with Crippen molar-refractivity contribution in [2.75, 3.05) is 19.7 Å². The van der Waals surface area contributed by atoms with Crippen LogP contribution in [0, 0.1) is 11.8 Å². The first-order valence-corrected chi connectivity index (χ1v) is 9.59. The zero-order valence-corrected chi connectivity index (χ0v) is 15.2. The molecule has 4 rings (SSSR count). The number of amides is 1. The van der Waals surface area contributed by atoms with E-state index in [4.69, 9.17) is 9.15 Å². The fraction of sp³-hybridized carbons (Fsp3) is 0.524. The van der Waals surface area contributed by atoms with Gasteiger partial charge in [-0.3, -0.25) is 4.79 Å². The van der Waals surface area contributed by atoms with Crippen molar-refractivity contribution < 1.29 is 13.9 Å². The van der Waals surface area contributed by atoms with Crippen LogP contribution in [0.15, 0.2) is 33.5 Å². The molecule has 1 amide bonds. The summed E-state index contributed by atoms with van der Waals surface area (Å²) in [5.74, 6) is 1.92. The van der Waals surface area contributed by atoms with Crippen molar-refractivity contribution >= 4 is 16.9 Å². The first kappa shape index (κ1) is 17.1. The smallest absolute Gasteiger partial charge is 0.336 e. The Bertz CT molecular complexity index is 860. The third kappa shape index (κ3) is 3.48. The number of piperidine rings is 1. The zero-order chi connectivity index (χ0) is 18.1. The molecule has 0 N–H and O–H groups in total. The molecule has 138 valence electrons. The molecule has 2 aliphatic rings. The number of hydrogen-bond donors (Lipinski definition) is 0. The van der Waals surface area contributed by atoms with E-state index in [2.05, 4.69) is 0 Å². The highest BCUT2D eigenvalue weighted by molar-refractivity contribution is 5.82. The highest BCUT2D eigenvalue weighted by Crippen LogP contribution is 2.34. The second-order valence-corrected chi connectivity index (χ2v) is 7.59. The Labute approximate surface area is 152 Å². The van der Waals surface area contributed by atoms with Crippen molar-refractivity contribution in [2.24, 2.45) is 11.8 Å². The Morgan fingerprint density at radius 2 is 2.00 bits per heavy atom. The van der Waals surface area contributed by atoms with Crippen LogP contribution in [0.25, 0.3) is 11.0 Å². The standard InChI is InChI=1S/C21H25NO4/c1-2-16-9-21(24)26-19-10-17(6-7-18(16)19)25-13-20(23)22-11-14-4-3-5-15(8-14)12-22/h6-7,9-10,14-15H,2-5,8,11-13H2,1H3/t14-,15-/m0/s1. The predicted octanol–water partition coefficient (Wildman–Crippen LogP) is 3.38. The fourth-order valence-corrected chi connectivity index (χ4v) is 4.46. The number of likely N-dealkylation sites (tertiary alicyclic amines) is 1. The summed E-state index contributed by atoms with van der Waals surface area (Å²) in [6.07, 6.45) is 5.82. The van der Waals surface area contributed by atoms with Gasteiger partial charge in [0.2, 0.25) is 0 Å². The summed E-state index contributed by atoms with van der Waals surface area (Å²) in [7, 11) is 0. The number of rotatable bonds is 4. The number of benzene rings is 1. The van der Waals surface area contributed by atoms with Gasteiger partial charge in [-0.1, -0.05) is 13.3 Å². The minimum atomic E-state index is -0.359. The third-order valence-corrected chi connectivity index (χ3v) is 5.75. The Hall–Kier alpha value is -2.30. The van der Waals surface area contributed by atoms with Gasteiger partial charge in [0.25, 0.3) is 5.91 Å². The van der Waals surface area contributed by atoms with Gasteiger partial charge in [-0.05, 0) is 55.2 Å². The predicted molar refractivity (Wildman–Crippen MR) is 99.4 cm³/mol. The molecule has 0 spiro atoms. The third-order valence-electron chi connectivity index (χ3n) is 5.75. The maximum absolute atomic E-state index is 12.5. The lowest BCUT2D eigenvalue weighted by molar-refractivity contribution is -0.137. The van der Waals surface area contributed by atoms with E-state index in [-0.39, 0.29) is 18.1 Å². The van der Waals surface area contributed by atoms with Crippen molar-refractivity contribution in [3.8, 4) is 5.75 Å². The summed E-state index contributed by atoms with van der Waals surface area (Å²) in [4.78, 5) is 26.2. The van der Waals surface area contributed by atoms with Crippen LogP contribution in [0.1, 0.15) is 38.2 Å². The van der Waals surface area contributed by atoms with Crippen LogP contribution < -0.4 is 10.4 Å². The fourth-order valence-electron chi connectivity index (χ4n) is 4.46. The number of fused-ring (bicyclic) bond motifs is 3. The van der Waals surface area contributed by atoms with Gasteiger partial charge in [-0.25, -0.2) is 4.79 Å². The molecule has 2 bridgehead atoms. The SMILES string of the molecule is CCc1cc(=O)oc2cc(OCC(=O)N3C[C@H]4CCC[C@@H](C4)C3)ccc12. The normalized spacial score (nSPS) is 22.4. The molecular formula is C21H25NO4. The van der Waals surface area contributed by atoms with E-state index in [9.17, 15) is 9.59 Å². The molecule has 1 aromatic carbocycles. The number of carbonyl (C=O) groups is 1. The summed E-state index contributed by atoms with van der Waals surface area (Å²) >= 11 is 0. The molecule has 2 fully saturated rings. The van der Waals surface area contributed by atoms with Crippen LogP contribution in [0.4, 0.5) is 0 Å². The molecule has 1 aromatic heterocycles. The van der Waals surface area contributed by atoms with Gasteiger partial charge >= 0.3 is 5.63 Å².